The highest BCUT2D eigenvalue weighted by molar-refractivity contribution is 5.85. The molecule has 0 radical (unpaired) electrons. The highest BCUT2D eigenvalue weighted by atomic mass is 35.5. The molecule has 0 saturated carbocycles. The minimum atomic E-state index is -0.211. The molecule has 25 heavy (non-hydrogen) atoms. The molecule has 3 fully saturated rings. The standard InChI is InChI=1S/C20H27FN2O.ClH/c21-16-6-4-15(5-7-16)19-3-1-2-10-23(19)20(24)13-14-11-17-8-9-18(12-14)22-17;/h4-7,14,17-19,22H,1-3,8-13H2;1H. The van der Waals surface area contributed by atoms with Crippen molar-refractivity contribution < 1.29 is 9.18 Å². The molecule has 1 aromatic carbocycles. The van der Waals surface area contributed by atoms with E-state index in [-0.39, 0.29) is 24.3 Å². The lowest BCUT2D eigenvalue weighted by Crippen LogP contribution is -2.42. The Morgan fingerprint density at radius 2 is 1.76 bits per heavy atom. The Labute approximate surface area is 155 Å². The Hall–Kier alpha value is -1.13. The number of amides is 1. The molecule has 0 spiro atoms. The zero-order valence-corrected chi connectivity index (χ0v) is 15.4. The maximum Gasteiger partial charge on any atom is 0.223 e. The fourth-order valence-corrected chi connectivity index (χ4v) is 4.97. The molecule has 3 atom stereocenters. The summed E-state index contributed by atoms with van der Waals surface area (Å²) in [6, 6.07) is 8.11. The van der Waals surface area contributed by atoms with E-state index in [2.05, 4.69) is 10.2 Å². The van der Waals surface area contributed by atoms with Crippen LogP contribution >= 0.6 is 12.4 Å². The van der Waals surface area contributed by atoms with Crippen molar-refractivity contribution in [1.29, 1.82) is 0 Å². The van der Waals surface area contributed by atoms with Gasteiger partial charge in [0.25, 0.3) is 0 Å². The van der Waals surface area contributed by atoms with Gasteiger partial charge < -0.3 is 10.2 Å². The number of hydrogen-bond donors (Lipinski definition) is 1. The van der Waals surface area contributed by atoms with Crippen molar-refractivity contribution in [2.24, 2.45) is 5.92 Å². The van der Waals surface area contributed by atoms with Gasteiger partial charge in [-0.2, -0.15) is 0 Å². The van der Waals surface area contributed by atoms with E-state index in [1.807, 2.05) is 12.1 Å². The van der Waals surface area contributed by atoms with Crippen LogP contribution in [-0.2, 0) is 4.79 Å². The van der Waals surface area contributed by atoms with Crippen LogP contribution in [0.2, 0.25) is 0 Å². The fraction of sp³-hybridized carbons (Fsp3) is 0.650. The van der Waals surface area contributed by atoms with Gasteiger partial charge in [0, 0.05) is 25.0 Å². The van der Waals surface area contributed by atoms with E-state index >= 15 is 0 Å². The maximum absolute atomic E-state index is 13.2. The Morgan fingerprint density at radius 3 is 2.44 bits per heavy atom. The minimum absolute atomic E-state index is 0. The molecule has 2 bridgehead atoms. The van der Waals surface area contributed by atoms with Gasteiger partial charge in [0.1, 0.15) is 5.82 Å². The van der Waals surface area contributed by atoms with Gasteiger partial charge in [-0.25, -0.2) is 4.39 Å². The van der Waals surface area contributed by atoms with Gasteiger partial charge in [-0.05, 0) is 68.6 Å². The van der Waals surface area contributed by atoms with Crippen LogP contribution in [0.1, 0.15) is 63.0 Å². The highest BCUT2D eigenvalue weighted by Gasteiger charge is 2.36. The van der Waals surface area contributed by atoms with E-state index < -0.39 is 0 Å². The van der Waals surface area contributed by atoms with Crippen LogP contribution in [0, 0.1) is 11.7 Å². The molecule has 3 saturated heterocycles. The number of piperidine rings is 2. The second kappa shape index (κ2) is 8.05. The smallest absolute Gasteiger partial charge is 0.223 e. The van der Waals surface area contributed by atoms with E-state index in [0.717, 1.165) is 44.2 Å². The van der Waals surface area contributed by atoms with Crippen molar-refractivity contribution >= 4 is 18.3 Å². The molecular weight excluding hydrogens is 339 g/mol. The molecule has 0 aromatic heterocycles. The van der Waals surface area contributed by atoms with Crippen LogP contribution in [0.15, 0.2) is 24.3 Å². The minimum Gasteiger partial charge on any atom is -0.336 e. The number of nitrogens with one attached hydrogen (secondary N) is 1. The third kappa shape index (κ3) is 4.17. The number of carbonyl (C=O) groups is 1. The number of halogens is 2. The number of likely N-dealkylation sites (tertiary alicyclic amines) is 1. The van der Waals surface area contributed by atoms with Gasteiger partial charge in [0.2, 0.25) is 5.91 Å². The molecule has 1 N–H and O–H groups in total. The Balaban J connectivity index is 0.00000182. The van der Waals surface area contributed by atoms with Crippen molar-refractivity contribution in [3.8, 4) is 0 Å². The predicted octanol–water partition coefficient (Wildman–Crippen LogP) is 4.22. The molecule has 3 heterocycles. The van der Waals surface area contributed by atoms with Crippen molar-refractivity contribution in [2.75, 3.05) is 6.54 Å². The lowest BCUT2D eigenvalue weighted by molar-refractivity contribution is -0.136. The fourth-order valence-electron chi connectivity index (χ4n) is 4.97. The van der Waals surface area contributed by atoms with Crippen molar-refractivity contribution in [3.63, 3.8) is 0 Å². The Bertz CT molecular complexity index is 582. The van der Waals surface area contributed by atoms with Crippen molar-refractivity contribution in [1.82, 2.24) is 10.2 Å². The van der Waals surface area contributed by atoms with E-state index in [1.165, 1.54) is 25.0 Å². The summed E-state index contributed by atoms with van der Waals surface area (Å²) in [7, 11) is 0. The number of carbonyl (C=O) groups excluding carboxylic acids is 1. The van der Waals surface area contributed by atoms with Gasteiger partial charge in [0.05, 0.1) is 6.04 Å². The normalized spacial score (nSPS) is 31.5. The molecule has 138 valence electrons. The van der Waals surface area contributed by atoms with Crippen LogP contribution in [0.3, 0.4) is 0 Å². The second-order valence-corrected chi connectivity index (χ2v) is 7.83. The summed E-state index contributed by atoms with van der Waals surface area (Å²) in [6.07, 6.45) is 8.76. The van der Waals surface area contributed by atoms with E-state index in [0.29, 0.717) is 30.3 Å². The molecule has 3 unspecified atom stereocenters. The molecular formula is C20H28ClFN2O. The van der Waals surface area contributed by atoms with Gasteiger partial charge in [0.15, 0.2) is 0 Å². The molecule has 5 heteroatoms. The summed E-state index contributed by atoms with van der Waals surface area (Å²) in [5, 5.41) is 3.65. The van der Waals surface area contributed by atoms with Crippen LogP contribution in [0.4, 0.5) is 4.39 Å². The quantitative estimate of drug-likeness (QED) is 0.868. The number of fused-ring (bicyclic) bond motifs is 2. The average Bonchev–Trinajstić information content (AvgIpc) is 2.94. The lowest BCUT2D eigenvalue weighted by Gasteiger charge is -2.38. The molecule has 0 aliphatic carbocycles. The number of nitrogens with zero attached hydrogens (tertiary/aromatic N) is 1. The van der Waals surface area contributed by atoms with E-state index in [4.69, 9.17) is 0 Å². The first-order valence-electron chi connectivity index (χ1n) is 9.50. The first-order valence-corrected chi connectivity index (χ1v) is 9.50. The van der Waals surface area contributed by atoms with Gasteiger partial charge in [-0.15, -0.1) is 12.4 Å². The van der Waals surface area contributed by atoms with Gasteiger partial charge >= 0.3 is 0 Å². The summed E-state index contributed by atoms with van der Waals surface area (Å²) in [5.41, 5.74) is 1.08. The maximum atomic E-state index is 13.2. The topological polar surface area (TPSA) is 32.3 Å². The number of rotatable bonds is 3. The third-order valence-electron chi connectivity index (χ3n) is 6.11. The van der Waals surface area contributed by atoms with Crippen LogP contribution < -0.4 is 5.32 Å². The molecule has 1 amide bonds. The average molecular weight is 367 g/mol. The van der Waals surface area contributed by atoms with Crippen LogP contribution in [0.25, 0.3) is 0 Å². The summed E-state index contributed by atoms with van der Waals surface area (Å²) in [5.74, 6) is 0.625. The number of benzene rings is 1. The zero-order valence-electron chi connectivity index (χ0n) is 14.6. The third-order valence-corrected chi connectivity index (χ3v) is 6.11. The van der Waals surface area contributed by atoms with E-state index in [9.17, 15) is 9.18 Å². The molecule has 3 aliphatic heterocycles. The van der Waals surface area contributed by atoms with Crippen molar-refractivity contribution in [2.45, 2.75) is 69.5 Å². The largest absolute Gasteiger partial charge is 0.336 e. The van der Waals surface area contributed by atoms with Gasteiger partial charge in [-0.3, -0.25) is 4.79 Å². The molecule has 3 aliphatic rings. The second-order valence-electron chi connectivity index (χ2n) is 7.83. The SMILES string of the molecule is Cl.O=C(CC1CC2CCC(C1)N2)N1CCCCC1c1ccc(F)cc1. The highest BCUT2D eigenvalue weighted by Crippen LogP contribution is 2.36. The Morgan fingerprint density at radius 1 is 1.08 bits per heavy atom. The monoisotopic (exact) mass is 366 g/mol. The summed E-state index contributed by atoms with van der Waals surface area (Å²) >= 11 is 0. The van der Waals surface area contributed by atoms with Crippen LogP contribution in [-0.4, -0.2) is 29.4 Å². The Kier molecular flexibility index (Phi) is 6.00. The zero-order chi connectivity index (χ0) is 16.5. The summed E-state index contributed by atoms with van der Waals surface area (Å²) in [6.45, 7) is 0.846. The lowest BCUT2D eigenvalue weighted by atomic mass is 9.88. The number of hydrogen-bond acceptors (Lipinski definition) is 2. The first kappa shape index (κ1) is 18.7. The van der Waals surface area contributed by atoms with Crippen LogP contribution in [0.5, 0.6) is 0 Å². The summed E-state index contributed by atoms with van der Waals surface area (Å²) < 4.78 is 13.2. The molecule has 1 aromatic rings. The van der Waals surface area contributed by atoms with Gasteiger partial charge in [-0.1, -0.05) is 12.1 Å². The van der Waals surface area contributed by atoms with Crippen molar-refractivity contribution in [3.05, 3.63) is 35.6 Å². The molecule has 3 nitrogen and oxygen atoms in total. The summed E-state index contributed by atoms with van der Waals surface area (Å²) in [4.78, 5) is 15.1. The van der Waals surface area contributed by atoms with E-state index in [1.54, 1.807) is 0 Å². The first-order chi connectivity index (χ1) is 11.7. The predicted molar refractivity (Wildman–Crippen MR) is 99.2 cm³/mol. The molecule has 4 rings (SSSR count).